The van der Waals surface area contributed by atoms with Crippen LogP contribution < -0.4 is 0 Å². The molecule has 0 heterocycles. The van der Waals surface area contributed by atoms with E-state index in [1.165, 1.54) is 12.8 Å². The van der Waals surface area contributed by atoms with Gasteiger partial charge in [0.05, 0.1) is 0 Å². The molecule has 0 atom stereocenters. The molecule has 0 saturated carbocycles. The quantitative estimate of drug-likeness (QED) is 0.399. The molecule has 0 aliphatic rings. The van der Waals surface area contributed by atoms with Crippen molar-refractivity contribution >= 4 is 8.56 Å². The molecule has 0 aromatic rings. The minimum Gasteiger partial charge on any atom is -0.394 e. The first-order valence-electron chi connectivity index (χ1n) is 6.81. The topological polar surface area (TPSA) is 18.5 Å². The molecule has 0 spiro atoms. The molecule has 0 fully saturated rings. The molecule has 1 radical (unpaired) electrons. The van der Waals surface area contributed by atoms with Gasteiger partial charge >= 0.3 is 8.56 Å². The van der Waals surface area contributed by atoms with Crippen LogP contribution in [-0.4, -0.2) is 21.8 Å². The summed E-state index contributed by atoms with van der Waals surface area (Å²) in [5.41, 5.74) is 0. The van der Waals surface area contributed by atoms with Crippen molar-refractivity contribution in [1.29, 1.82) is 0 Å². The first-order valence-corrected chi connectivity index (χ1v) is 9.04. The van der Waals surface area contributed by atoms with Crippen LogP contribution in [0.5, 0.6) is 0 Å². The summed E-state index contributed by atoms with van der Waals surface area (Å²) in [7, 11) is -1.91. The van der Waals surface area contributed by atoms with E-state index in [0.29, 0.717) is 0 Å². The van der Waals surface area contributed by atoms with Crippen molar-refractivity contribution in [1.82, 2.24) is 0 Å². The highest BCUT2D eigenvalue weighted by molar-refractivity contribution is 6.67. The Balaban J connectivity index is 4.09. The van der Waals surface area contributed by atoms with Crippen LogP contribution in [0.15, 0.2) is 0 Å². The number of rotatable bonds is 11. The standard InChI is InChI=1S/C13H29O2Si/c1-5-9-11-14-16(8-4,13-7-3)15-12-10-6-2/h3,5-13H2,1-2,4H3. The van der Waals surface area contributed by atoms with E-state index >= 15 is 0 Å². The Kier molecular flexibility index (Phi) is 10.4. The van der Waals surface area contributed by atoms with E-state index in [2.05, 4.69) is 27.7 Å². The van der Waals surface area contributed by atoms with Crippen molar-refractivity contribution in [3.8, 4) is 0 Å². The fourth-order valence-corrected chi connectivity index (χ4v) is 4.35. The van der Waals surface area contributed by atoms with Crippen molar-refractivity contribution in [3.63, 3.8) is 0 Å². The fourth-order valence-electron chi connectivity index (χ4n) is 1.64. The maximum absolute atomic E-state index is 6.08. The van der Waals surface area contributed by atoms with Gasteiger partial charge in [0.25, 0.3) is 0 Å². The zero-order valence-electron chi connectivity index (χ0n) is 11.4. The molecule has 97 valence electrons. The highest BCUT2D eigenvalue weighted by atomic mass is 28.4. The molecule has 3 heteroatoms. The average Bonchev–Trinajstić information content (AvgIpc) is 2.29. The van der Waals surface area contributed by atoms with Gasteiger partial charge in [-0.25, -0.2) is 0 Å². The molecule has 0 aliphatic carbocycles. The average molecular weight is 245 g/mol. The van der Waals surface area contributed by atoms with Crippen LogP contribution in [0.2, 0.25) is 12.1 Å². The van der Waals surface area contributed by atoms with Gasteiger partial charge in [0.1, 0.15) is 0 Å². The summed E-state index contributed by atoms with van der Waals surface area (Å²) in [4.78, 5) is 0. The van der Waals surface area contributed by atoms with Crippen LogP contribution >= 0.6 is 0 Å². The lowest BCUT2D eigenvalue weighted by molar-refractivity contribution is 0.164. The molecule has 2 nitrogen and oxygen atoms in total. The van der Waals surface area contributed by atoms with Gasteiger partial charge in [0.2, 0.25) is 0 Å². The van der Waals surface area contributed by atoms with E-state index in [4.69, 9.17) is 8.85 Å². The van der Waals surface area contributed by atoms with E-state index in [9.17, 15) is 0 Å². The van der Waals surface area contributed by atoms with E-state index in [1.807, 2.05) is 0 Å². The Morgan fingerprint density at radius 3 is 1.75 bits per heavy atom. The Morgan fingerprint density at radius 2 is 1.44 bits per heavy atom. The maximum atomic E-state index is 6.08. The van der Waals surface area contributed by atoms with E-state index < -0.39 is 8.56 Å². The summed E-state index contributed by atoms with van der Waals surface area (Å²) in [6, 6.07) is 2.09. The van der Waals surface area contributed by atoms with Crippen LogP contribution in [0.3, 0.4) is 0 Å². The van der Waals surface area contributed by atoms with Gasteiger partial charge in [-0.2, -0.15) is 0 Å². The third kappa shape index (κ3) is 6.66. The second-order valence-corrected chi connectivity index (χ2v) is 7.88. The predicted octanol–water partition coefficient (Wildman–Crippen LogP) is 4.31. The van der Waals surface area contributed by atoms with Crippen molar-refractivity contribution in [2.45, 2.75) is 65.0 Å². The third-order valence-corrected chi connectivity index (χ3v) is 6.48. The molecule has 0 rings (SSSR count). The van der Waals surface area contributed by atoms with E-state index in [-0.39, 0.29) is 0 Å². The Labute approximate surface area is 103 Å². The van der Waals surface area contributed by atoms with Gasteiger partial charge in [-0.3, -0.25) is 0 Å². The lowest BCUT2D eigenvalue weighted by atomic mass is 10.4. The van der Waals surface area contributed by atoms with E-state index in [0.717, 1.165) is 44.6 Å². The largest absolute Gasteiger partial charge is 0.394 e. The van der Waals surface area contributed by atoms with Crippen LogP contribution in [0.25, 0.3) is 0 Å². The minimum absolute atomic E-state index is 0.864. The Bertz CT molecular complexity index is 141. The minimum atomic E-state index is -1.91. The molecule has 0 saturated heterocycles. The number of unbranched alkanes of at least 4 members (excludes halogenated alkanes) is 2. The molecule has 0 aromatic carbocycles. The molecule has 0 amide bonds. The molecule has 0 aliphatic heterocycles. The third-order valence-electron chi connectivity index (χ3n) is 2.82. The van der Waals surface area contributed by atoms with Crippen molar-refractivity contribution in [2.75, 3.05) is 13.2 Å². The van der Waals surface area contributed by atoms with Gasteiger partial charge in [-0.15, -0.1) is 0 Å². The molecule has 0 aromatic heterocycles. The fraction of sp³-hybridized carbons (Fsp3) is 0.923. The lowest BCUT2D eigenvalue weighted by Crippen LogP contribution is -2.42. The van der Waals surface area contributed by atoms with Gasteiger partial charge in [0, 0.05) is 13.2 Å². The second kappa shape index (κ2) is 10.3. The van der Waals surface area contributed by atoms with Crippen molar-refractivity contribution in [2.24, 2.45) is 0 Å². The predicted molar refractivity (Wildman–Crippen MR) is 72.7 cm³/mol. The van der Waals surface area contributed by atoms with Crippen LogP contribution in [0, 0.1) is 6.92 Å². The van der Waals surface area contributed by atoms with Gasteiger partial charge in [-0.1, -0.05) is 47.0 Å². The smallest absolute Gasteiger partial charge is 0.337 e. The highest BCUT2D eigenvalue weighted by Gasteiger charge is 2.34. The van der Waals surface area contributed by atoms with Crippen LogP contribution in [0.1, 0.15) is 52.9 Å². The molecular weight excluding hydrogens is 216 g/mol. The summed E-state index contributed by atoms with van der Waals surface area (Å²) in [6.45, 7) is 12.3. The lowest BCUT2D eigenvalue weighted by Gasteiger charge is -2.29. The molecular formula is C13H29O2Si. The molecule has 16 heavy (non-hydrogen) atoms. The van der Waals surface area contributed by atoms with Crippen LogP contribution in [-0.2, 0) is 8.85 Å². The number of hydrogen-bond donors (Lipinski definition) is 0. The van der Waals surface area contributed by atoms with Crippen LogP contribution in [0.4, 0.5) is 0 Å². The SMILES string of the molecule is [CH2]CC[Si](CC)(OCCCC)OCCCC. The van der Waals surface area contributed by atoms with Crippen molar-refractivity contribution < 1.29 is 8.85 Å². The second-order valence-electron chi connectivity index (χ2n) is 4.27. The summed E-state index contributed by atoms with van der Waals surface area (Å²) in [5.74, 6) is 0. The van der Waals surface area contributed by atoms with E-state index in [1.54, 1.807) is 0 Å². The molecule has 0 N–H and O–H groups in total. The Hall–Kier alpha value is 0.137. The normalized spacial score (nSPS) is 12.0. The monoisotopic (exact) mass is 245 g/mol. The first kappa shape index (κ1) is 16.1. The van der Waals surface area contributed by atoms with Gasteiger partial charge in [0.15, 0.2) is 0 Å². The summed E-state index contributed by atoms with van der Waals surface area (Å²) in [6.07, 6.45) is 5.59. The van der Waals surface area contributed by atoms with Gasteiger partial charge in [-0.05, 0) is 24.9 Å². The summed E-state index contributed by atoms with van der Waals surface area (Å²) in [5, 5.41) is 0. The first-order chi connectivity index (χ1) is 7.74. The maximum Gasteiger partial charge on any atom is 0.337 e. The highest BCUT2D eigenvalue weighted by Crippen LogP contribution is 2.21. The molecule has 0 bridgehead atoms. The zero-order chi connectivity index (χ0) is 12.3. The number of hydrogen-bond acceptors (Lipinski definition) is 2. The zero-order valence-corrected chi connectivity index (χ0v) is 12.4. The summed E-state index contributed by atoms with van der Waals surface area (Å²) >= 11 is 0. The Morgan fingerprint density at radius 1 is 0.938 bits per heavy atom. The van der Waals surface area contributed by atoms with Crippen molar-refractivity contribution in [3.05, 3.63) is 6.92 Å². The van der Waals surface area contributed by atoms with Gasteiger partial charge < -0.3 is 8.85 Å². The molecule has 0 unspecified atom stereocenters. The summed E-state index contributed by atoms with van der Waals surface area (Å²) < 4.78 is 12.2.